The molecule has 0 atom stereocenters. The molecule has 0 unspecified atom stereocenters. The molecule has 4 rings (SSSR count). The number of carboxylic acid groups (broad SMARTS) is 1. The van der Waals surface area contributed by atoms with Gasteiger partial charge in [0.2, 0.25) is 0 Å². The summed E-state index contributed by atoms with van der Waals surface area (Å²) in [7, 11) is 0. The summed E-state index contributed by atoms with van der Waals surface area (Å²) >= 11 is 9.72. The predicted octanol–water partition coefficient (Wildman–Crippen LogP) is 4.29. The fraction of sp³-hybridized carbons (Fsp3) is 0. The van der Waals surface area contributed by atoms with Crippen LogP contribution in [0.3, 0.4) is 0 Å². The largest absolute Gasteiger partial charge is 0.871 e. The van der Waals surface area contributed by atoms with E-state index in [9.17, 15) is 19.8 Å². The summed E-state index contributed by atoms with van der Waals surface area (Å²) < 4.78 is 6.62. The molecule has 0 aromatic heterocycles. The molecule has 0 saturated heterocycles. The number of carboxylic acids is 1. The second-order valence-corrected chi connectivity index (χ2v) is 8.47. The lowest BCUT2D eigenvalue weighted by molar-refractivity contribution is -0.270. The number of aromatic carboxylic acids is 1. The molecule has 1 aliphatic heterocycles. The van der Waals surface area contributed by atoms with Crippen LogP contribution in [-0.4, -0.2) is 5.97 Å². The Labute approximate surface area is 183 Å². The molecular weight excluding hydrogens is 560 g/mol. The highest BCUT2D eigenvalue weighted by molar-refractivity contribution is 9.11. The van der Waals surface area contributed by atoms with Crippen LogP contribution in [0.4, 0.5) is 0 Å². The summed E-state index contributed by atoms with van der Waals surface area (Å²) in [4.78, 5) is 23.8. The summed E-state index contributed by atoms with van der Waals surface area (Å²) in [6.07, 6.45) is 0. The van der Waals surface area contributed by atoms with Crippen molar-refractivity contribution in [3.63, 3.8) is 0 Å². The summed E-state index contributed by atoms with van der Waals surface area (Å²) in [6.45, 7) is 0. The fourth-order valence-corrected chi connectivity index (χ4v) is 4.65. The van der Waals surface area contributed by atoms with Crippen molar-refractivity contribution in [3.05, 3.63) is 71.7 Å². The highest BCUT2D eigenvalue weighted by Crippen LogP contribution is 2.47. The Morgan fingerprint density at radius 2 is 1.68 bits per heavy atom. The van der Waals surface area contributed by atoms with E-state index < -0.39 is 5.97 Å². The zero-order valence-corrected chi connectivity index (χ0v) is 18.5. The molecule has 5 nitrogen and oxygen atoms in total. The van der Waals surface area contributed by atoms with Gasteiger partial charge in [-0.3, -0.25) is 4.79 Å². The van der Waals surface area contributed by atoms with Crippen molar-refractivity contribution < 1.29 is 19.4 Å². The minimum Gasteiger partial charge on any atom is -0.871 e. The number of halogens is 3. The zero-order chi connectivity index (χ0) is 20.2. The standard InChI is InChI=1S/C20H9Br3O5/c21-12-5-10-15(7-14(12)24)28-19-11(6-13(22)18(25)17(19)23)16(10)8-3-1-2-4-9(8)20(26)27/h1-7,25H,(H,26,27)/p-2. The minimum absolute atomic E-state index is 0.0166. The van der Waals surface area contributed by atoms with Crippen LogP contribution in [0, 0.1) is 0 Å². The van der Waals surface area contributed by atoms with Crippen LogP contribution in [0.15, 0.2) is 65.1 Å². The lowest BCUT2D eigenvalue weighted by Crippen LogP contribution is -2.23. The van der Waals surface area contributed by atoms with Gasteiger partial charge in [0.05, 0.1) is 14.9 Å². The second-order valence-electron chi connectivity index (χ2n) is 5.97. The van der Waals surface area contributed by atoms with E-state index in [1.54, 1.807) is 30.3 Å². The first-order valence-corrected chi connectivity index (χ1v) is 10.2. The van der Waals surface area contributed by atoms with Crippen molar-refractivity contribution >= 4 is 64.7 Å². The van der Waals surface area contributed by atoms with Crippen LogP contribution in [0.2, 0.25) is 0 Å². The van der Waals surface area contributed by atoms with E-state index in [2.05, 4.69) is 47.8 Å². The van der Waals surface area contributed by atoms with E-state index in [1.165, 1.54) is 12.1 Å². The lowest BCUT2D eigenvalue weighted by atomic mass is 9.91. The average molecular weight is 567 g/mol. The van der Waals surface area contributed by atoms with Crippen molar-refractivity contribution in [2.75, 3.05) is 0 Å². The molecule has 140 valence electrons. The SMILES string of the molecule is O=C([O-])c1ccccc1-c1c2cc(Br)c(=O)cc-2oc2c(Br)c([O-])c(Br)cc12. The van der Waals surface area contributed by atoms with Gasteiger partial charge in [-0.1, -0.05) is 45.9 Å². The van der Waals surface area contributed by atoms with E-state index in [0.29, 0.717) is 26.5 Å². The fourth-order valence-electron chi connectivity index (χ4n) is 3.11. The van der Waals surface area contributed by atoms with Crippen LogP contribution in [-0.2, 0) is 0 Å². The maximum Gasteiger partial charge on any atom is 0.196 e. The molecular formula is C20H7Br3O5-2. The number of rotatable bonds is 2. The molecule has 0 N–H and O–H groups in total. The van der Waals surface area contributed by atoms with Gasteiger partial charge in [-0.15, -0.1) is 0 Å². The number of hydrogen-bond donors (Lipinski definition) is 0. The zero-order valence-electron chi connectivity index (χ0n) is 13.7. The van der Waals surface area contributed by atoms with Gasteiger partial charge in [0.1, 0.15) is 11.3 Å². The van der Waals surface area contributed by atoms with E-state index in [1.807, 2.05) is 0 Å². The lowest BCUT2D eigenvalue weighted by Gasteiger charge is -2.21. The number of carbonyl (C=O) groups excluding carboxylic acids is 1. The normalized spacial score (nSPS) is 11.2. The second kappa shape index (κ2) is 7.02. The van der Waals surface area contributed by atoms with Crippen LogP contribution < -0.4 is 15.6 Å². The Morgan fingerprint density at radius 1 is 0.964 bits per heavy atom. The van der Waals surface area contributed by atoms with Gasteiger partial charge in [0.25, 0.3) is 0 Å². The molecule has 0 fully saturated rings. The highest BCUT2D eigenvalue weighted by Gasteiger charge is 2.22. The van der Waals surface area contributed by atoms with Crippen LogP contribution in [0.25, 0.3) is 33.4 Å². The van der Waals surface area contributed by atoms with E-state index in [4.69, 9.17) is 4.42 Å². The quantitative estimate of drug-likeness (QED) is 0.338. The van der Waals surface area contributed by atoms with Gasteiger partial charge >= 0.3 is 0 Å². The first-order valence-electron chi connectivity index (χ1n) is 7.85. The monoisotopic (exact) mass is 564 g/mol. The van der Waals surface area contributed by atoms with Crippen molar-refractivity contribution in [1.29, 1.82) is 0 Å². The van der Waals surface area contributed by atoms with Gasteiger partial charge in [-0.05, 0) is 49.6 Å². The number of carbonyl (C=O) groups is 1. The smallest absolute Gasteiger partial charge is 0.196 e. The highest BCUT2D eigenvalue weighted by atomic mass is 79.9. The van der Waals surface area contributed by atoms with Crippen molar-refractivity contribution in [3.8, 4) is 28.2 Å². The Morgan fingerprint density at radius 3 is 2.39 bits per heavy atom. The molecule has 2 aromatic rings. The van der Waals surface area contributed by atoms with Gasteiger partial charge in [-0.2, -0.15) is 0 Å². The maximum absolute atomic E-state index is 12.3. The number of benzene rings is 3. The topological polar surface area (TPSA) is 93.4 Å². The molecule has 0 amide bonds. The Balaban J connectivity index is 2.31. The third-order valence-electron chi connectivity index (χ3n) is 4.33. The van der Waals surface area contributed by atoms with E-state index in [0.717, 1.165) is 0 Å². The van der Waals surface area contributed by atoms with E-state index >= 15 is 0 Å². The molecule has 1 aliphatic carbocycles. The van der Waals surface area contributed by atoms with Gasteiger partial charge in [-0.25, -0.2) is 0 Å². The molecule has 8 heteroatoms. The maximum atomic E-state index is 12.3. The average Bonchev–Trinajstić information content (AvgIpc) is 2.66. The molecule has 0 saturated carbocycles. The van der Waals surface area contributed by atoms with Crippen molar-refractivity contribution in [2.45, 2.75) is 0 Å². The molecule has 0 spiro atoms. The first kappa shape index (κ1) is 19.2. The van der Waals surface area contributed by atoms with Gasteiger partial charge < -0.3 is 19.4 Å². The molecule has 0 radical (unpaired) electrons. The summed E-state index contributed by atoms with van der Waals surface area (Å²) in [5, 5.41) is 24.6. The number of hydrogen-bond acceptors (Lipinski definition) is 5. The Bertz CT molecular complexity index is 1310. The minimum atomic E-state index is -1.34. The molecule has 2 aliphatic rings. The van der Waals surface area contributed by atoms with Crippen LogP contribution >= 0.6 is 47.8 Å². The summed E-state index contributed by atoms with van der Waals surface area (Å²) in [6, 6.07) is 10.8. The molecule has 2 aromatic carbocycles. The summed E-state index contributed by atoms with van der Waals surface area (Å²) in [5.74, 6) is -1.43. The van der Waals surface area contributed by atoms with Crippen molar-refractivity contribution in [1.82, 2.24) is 0 Å². The Hall–Kier alpha value is -2.16. The number of fused-ring (bicyclic) bond motifs is 2. The van der Waals surface area contributed by atoms with Gasteiger partial charge in [0, 0.05) is 32.6 Å². The molecule has 28 heavy (non-hydrogen) atoms. The van der Waals surface area contributed by atoms with Gasteiger partial charge in [0.15, 0.2) is 5.43 Å². The first-order chi connectivity index (χ1) is 13.3. The summed E-state index contributed by atoms with van der Waals surface area (Å²) in [5.41, 5.74) is 1.31. The third-order valence-corrected chi connectivity index (χ3v) is 6.26. The predicted molar refractivity (Wildman–Crippen MR) is 111 cm³/mol. The van der Waals surface area contributed by atoms with Crippen LogP contribution in [0.1, 0.15) is 10.4 Å². The Kier molecular flexibility index (Phi) is 4.81. The molecule has 0 bridgehead atoms. The van der Waals surface area contributed by atoms with E-state index in [-0.39, 0.29) is 37.0 Å². The molecule has 1 heterocycles. The van der Waals surface area contributed by atoms with Crippen molar-refractivity contribution in [2.24, 2.45) is 0 Å². The van der Waals surface area contributed by atoms with Crippen LogP contribution in [0.5, 0.6) is 5.75 Å². The third kappa shape index (κ3) is 2.96.